The number of hydrogen-bond acceptors (Lipinski definition) is 5. The molecule has 0 heterocycles. The molecule has 0 bridgehead atoms. The van der Waals surface area contributed by atoms with E-state index in [0.717, 1.165) is 25.3 Å². The van der Waals surface area contributed by atoms with Gasteiger partial charge in [-0.05, 0) is 30.3 Å². The highest BCUT2D eigenvalue weighted by atomic mass is 35.5. The Morgan fingerprint density at radius 2 is 1.78 bits per heavy atom. The maximum Gasteiger partial charge on any atom is 0.416 e. The van der Waals surface area contributed by atoms with Gasteiger partial charge in [0.25, 0.3) is 6.10 Å². The van der Waals surface area contributed by atoms with E-state index in [1.165, 1.54) is 24.3 Å². The monoisotopic (exact) mass is 404 g/mol. The van der Waals surface area contributed by atoms with Gasteiger partial charge in [-0.1, -0.05) is 17.7 Å². The Bertz CT molecular complexity index is 853. The largest absolute Gasteiger partial charge is 0.478 e. The maximum absolute atomic E-state index is 12.7. The molecule has 0 aliphatic heterocycles. The number of ether oxygens (including phenoxy) is 3. The van der Waals surface area contributed by atoms with Gasteiger partial charge in [0.05, 0.1) is 17.7 Å². The zero-order valence-electron chi connectivity index (χ0n) is 13.6. The Labute approximate surface area is 156 Å². The van der Waals surface area contributed by atoms with Gasteiger partial charge in [0.1, 0.15) is 17.2 Å². The van der Waals surface area contributed by atoms with Gasteiger partial charge in [-0.3, -0.25) is 0 Å². The average molecular weight is 405 g/mol. The molecule has 0 saturated carbocycles. The van der Waals surface area contributed by atoms with Crippen molar-refractivity contribution in [1.29, 1.82) is 0 Å². The van der Waals surface area contributed by atoms with Crippen LogP contribution in [0.25, 0.3) is 0 Å². The first-order valence-corrected chi connectivity index (χ1v) is 7.61. The van der Waals surface area contributed by atoms with Crippen LogP contribution < -0.4 is 9.47 Å². The Kier molecular flexibility index (Phi) is 6.17. The van der Waals surface area contributed by atoms with E-state index in [0.29, 0.717) is 0 Å². The minimum atomic E-state index is -4.55. The fraction of sp³-hybridized carbons (Fsp3) is 0.176. The minimum Gasteiger partial charge on any atom is -0.478 e. The molecule has 0 aliphatic carbocycles. The lowest BCUT2D eigenvalue weighted by Gasteiger charge is -2.14. The van der Waals surface area contributed by atoms with E-state index in [1.807, 2.05) is 0 Å². The smallest absolute Gasteiger partial charge is 0.416 e. The van der Waals surface area contributed by atoms with Gasteiger partial charge in [-0.15, -0.1) is 0 Å². The molecule has 2 aromatic carbocycles. The molecule has 0 aliphatic rings. The molecule has 0 aromatic heterocycles. The number of benzene rings is 2. The fourth-order valence-electron chi connectivity index (χ4n) is 1.94. The summed E-state index contributed by atoms with van der Waals surface area (Å²) in [5.74, 6) is -2.65. The van der Waals surface area contributed by atoms with Gasteiger partial charge in [-0.2, -0.15) is 13.2 Å². The van der Waals surface area contributed by atoms with E-state index in [4.69, 9.17) is 26.2 Å². The standard InChI is InChI=1S/C17H12ClF3O6/c1-25-16(24)14(15(22)23)27-11-4-2-3-10(8-11)26-13-6-5-9(7-12(13)18)17(19,20)21/h2-8,14H,1H3,(H,22,23). The fourth-order valence-corrected chi connectivity index (χ4v) is 2.16. The number of rotatable bonds is 6. The molecule has 2 rings (SSSR count). The third-order valence-electron chi connectivity index (χ3n) is 3.19. The number of halogens is 4. The number of aliphatic carboxylic acids is 1. The summed E-state index contributed by atoms with van der Waals surface area (Å²) in [5, 5.41) is 8.73. The van der Waals surface area contributed by atoms with Crippen molar-refractivity contribution in [2.45, 2.75) is 12.3 Å². The summed E-state index contributed by atoms with van der Waals surface area (Å²) in [6.45, 7) is 0. The summed E-state index contributed by atoms with van der Waals surface area (Å²) >= 11 is 5.82. The van der Waals surface area contributed by atoms with Crippen molar-refractivity contribution in [1.82, 2.24) is 0 Å². The molecule has 0 saturated heterocycles. The molecule has 1 atom stereocenters. The zero-order valence-corrected chi connectivity index (χ0v) is 14.4. The predicted octanol–water partition coefficient (Wildman–Crippen LogP) is 4.16. The van der Waals surface area contributed by atoms with Crippen molar-refractivity contribution in [3.8, 4) is 17.2 Å². The van der Waals surface area contributed by atoms with E-state index >= 15 is 0 Å². The molecule has 144 valence electrons. The minimum absolute atomic E-state index is 0.0339. The van der Waals surface area contributed by atoms with Crippen molar-refractivity contribution in [2.75, 3.05) is 7.11 Å². The normalized spacial score (nSPS) is 12.2. The molecule has 1 N–H and O–H groups in total. The number of hydrogen-bond donors (Lipinski definition) is 1. The van der Waals surface area contributed by atoms with Crippen molar-refractivity contribution >= 4 is 23.5 Å². The number of carboxylic acids is 1. The third kappa shape index (κ3) is 5.27. The van der Waals surface area contributed by atoms with E-state index in [9.17, 15) is 22.8 Å². The van der Waals surface area contributed by atoms with Crippen LogP contribution in [0.15, 0.2) is 42.5 Å². The first-order valence-electron chi connectivity index (χ1n) is 7.23. The van der Waals surface area contributed by atoms with Crippen LogP contribution in [-0.4, -0.2) is 30.3 Å². The van der Waals surface area contributed by atoms with Crippen molar-refractivity contribution < 1.29 is 42.1 Å². The Balaban J connectivity index is 2.21. The topological polar surface area (TPSA) is 82.1 Å². The molecule has 2 aromatic rings. The number of alkyl halides is 3. The summed E-state index contributed by atoms with van der Waals surface area (Å²) in [6, 6.07) is 8.04. The van der Waals surface area contributed by atoms with Crippen LogP contribution >= 0.6 is 11.6 Å². The van der Waals surface area contributed by atoms with Crippen LogP contribution in [0.1, 0.15) is 5.56 Å². The lowest BCUT2D eigenvalue weighted by molar-refractivity contribution is -0.161. The molecule has 0 radical (unpaired) electrons. The number of carbonyl (C=O) groups excluding carboxylic acids is 1. The summed E-state index contributed by atoms with van der Waals surface area (Å²) in [7, 11) is 1.01. The quantitative estimate of drug-likeness (QED) is 0.575. The van der Waals surface area contributed by atoms with Gasteiger partial charge in [0, 0.05) is 6.07 Å². The highest BCUT2D eigenvalue weighted by Gasteiger charge is 2.31. The summed E-state index contributed by atoms with van der Waals surface area (Å²) < 4.78 is 52.8. The van der Waals surface area contributed by atoms with Crippen LogP contribution in [0.2, 0.25) is 5.02 Å². The van der Waals surface area contributed by atoms with Gasteiger partial charge in [0.2, 0.25) is 0 Å². The zero-order chi connectivity index (χ0) is 20.2. The van der Waals surface area contributed by atoms with E-state index in [-0.39, 0.29) is 22.3 Å². The summed E-state index contributed by atoms with van der Waals surface area (Å²) in [5.41, 5.74) is -0.931. The Morgan fingerprint density at radius 1 is 1.11 bits per heavy atom. The van der Waals surface area contributed by atoms with Gasteiger partial charge >= 0.3 is 18.1 Å². The molecule has 6 nitrogen and oxygen atoms in total. The van der Waals surface area contributed by atoms with Gasteiger partial charge in [0.15, 0.2) is 0 Å². The second-order valence-corrected chi connectivity index (χ2v) is 5.49. The third-order valence-corrected chi connectivity index (χ3v) is 3.48. The Hall–Kier alpha value is -2.94. The second kappa shape index (κ2) is 8.17. The summed E-state index contributed by atoms with van der Waals surface area (Å²) in [6.07, 6.45) is -6.43. The maximum atomic E-state index is 12.7. The second-order valence-electron chi connectivity index (χ2n) is 5.08. The number of carboxylic acid groups (broad SMARTS) is 1. The van der Waals surface area contributed by atoms with Crippen LogP contribution in [-0.2, 0) is 20.5 Å². The molecule has 27 heavy (non-hydrogen) atoms. The molecule has 10 heteroatoms. The molecule has 0 fully saturated rings. The number of carbonyl (C=O) groups is 2. The average Bonchev–Trinajstić information content (AvgIpc) is 2.60. The highest BCUT2D eigenvalue weighted by Crippen LogP contribution is 2.36. The lowest BCUT2D eigenvalue weighted by atomic mass is 10.2. The van der Waals surface area contributed by atoms with Gasteiger partial charge < -0.3 is 19.3 Å². The predicted molar refractivity (Wildman–Crippen MR) is 87.0 cm³/mol. The summed E-state index contributed by atoms with van der Waals surface area (Å²) in [4.78, 5) is 22.5. The van der Waals surface area contributed by atoms with E-state index < -0.39 is 29.8 Å². The molecule has 1 unspecified atom stereocenters. The molecule has 0 spiro atoms. The molecular weight excluding hydrogens is 393 g/mol. The SMILES string of the molecule is COC(=O)C(Oc1cccc(Oc2ccc(C(F)(F)F)cc2Cl)c1)C(=O)O. The molecular formula is C17H12ClF3O6. The molecule has 0 amide bonds. The van der Waals surface area contributed by atoms with Crippen molar-refractivity contribution in [3.05, 3.63) is 53.1 Å². The first-order chi connectivity index (χ1) is 12.6. The number of esters is 1. The van der Waals surface area contributed by atoms with Gasteiger partial charge in [-0.25, -0.2) is 9.59 Å². The van der Waals surface area contributed by atoms with Crippen LogP contribution in [0.4, 0.5) is 13.2 Å². The van der Waals surface area contributed by atoms with Crippen LogP contribution in [0.5, 0.6) is 17.2 Å². The van der Waals surface area contributed by atoms with Crippen molar-refractivity contribution in [2.24, 2.45) is 0 Å². The number of methoxy groups -OCH3 is 1. The van der Waals surface area contributed by atoms with Crippen LogP contribution in [0, 0.1) is 0 Å². The van der Waals surface area contributed by atoms with E-state index in [2.05, 4.69) is 4.74 Å². The van der Waals surface area contributed by atoms with Crippen LogP contribution in [0.3, 0.4) is 0 Å². The Morgan fingerprint density at radius 3 is 2.33 bits per heavy atom. The first kappa shape index (κ1) is 20.4. The lowest BCUT2D eigenvalue weighted by Crippen LogP contribution is -2.36. The van der Waals surface area contributed by atoms with Crippen molar-refractivity contribution in [3.63, 3.8) is 0 Å². The highest BCUT2D eigenvalue weighted by molar-refractivity contribution is 6.32. The van der Waals surface area contributed by atoms with E-state index in [1.54, 1.807) is 0 Å².